The Hall–Kier alpha value is -0.770. The zero-order chi connectivity index (χ0) is 12.5. The van der Waals surface area contributed by atoms with Gasteiger partial charge in [-0.2, -0.15) is 0 Å². The van der Waals surface area contributed by atoms with Crippen LogP contribution in [-0.4, -0.2) is 25.9 Å². The molecule has 3 nitrogen and oxygen atoms in total. The van der Waals surface area contributed by atoms with E-state index in [9.17, 15) is 0 Å². The minimum Gasteiger partial charge on any atom is -0.494 e. The Balaban J connectivity index is 2.02. The summed E-state index contributed by atoms with van der Waals surface area (Å²) in [5, 5.41) is 0.724. The molecule has 0 saturated heterocycles. The molecule has 1 rings (SSSR count). The molecule has 0 amide bonds. The fourth-order valence-electron chi connectivity index (χ4n) is 1.28. The summed E-state index contributed by atoms with van der Waals surface area (Å²) in [5.74, 6) is 0.852. The van der Waals surface area contributed by atoms with Gasteiger partial charge in [-0.1, -0.05) is 11.6 Å². The summed E-state index contributed by atoms with van der Waals surface area (Å²) in [6, 6.07) is 7.39. The normalized spacial score (nSPS) is 12.4. The number of unbranched alkanes of at least 4 members (excludes halogenated alkanes) is 1. The van der Waals surface area contributed by atoms with Crippen LogP contribution in [0.4, 0.5) is 0 Å². The SMILES string of the molecule is CC(CN)OCCCCOc1ccc(Cl)cc1. The van der Waals surface area contributed by atoms with Crippen molar-refractivity contribution in [1.29, 1.82) is 0 Å². The predicted molar refractivity (Wildman–Crippen MR) is 70.6 cm³/mol. The summed E-state index contributed by atoms with van der Waals surface area (Å²) in [7, 11) is 0. The van der Waals surface area contributed by atoms with E-state index in [1.165, 1.54) is 0 Å². The maximum absolute atomic E-state index is 5.78. The van der Waals surface area contributed by atoms with Crippen LogP contribution in [0.25, 0.3) is 0 Å². The third-order valence-electron chi connectivity index (χ3n) is 2.36. The van der Waals surface area contributed by atoms with Crippen molar-refractivity contribution in [3.8, 4) is 5.75 Å². The molecule has 0 aliphatic heterocycles. The Morgan fingerprint density at radius 3 is 2.47 bits per heavy atom. The average Bonchev–Trinajstić information content (AvgIpc) is 2.35. The van der Waals surface area contributed by atoms with Crippen molar-refractivity contribution in [3.63, 3.8) is 0 Å². The summed E-state index contributed by atoms with van der Waals surface area (Å²) in [6.07, 6.45) is 2.10. The molecule has 96 valence electrons. The van der Waals surface area contributed by atoms with Crippen molar-refractivity contribution in [2.24, 2.45) is 5.73 Å². The minimum absolute atomic E-state index is 0.146. The topological polar surface area (TPSA) is 44.5 Å². The highest BCUT2D eigenvalue weighted by Crippen LogP contribution is 2.15. The van der Waals surface area contributed by atoms with E-state index >= 15 is 0 Å². The highest BCUT2D eigenvalue weighted by molar-refractivity contribution is 6.30. The molecule has 0 heterocycles. The summed E-state index contributed by atoms with van der Waals surface area (Å²) in [6.45, 7) is 3.98. The number of ether oxygens (including phenoxy) is 2. The fourth-order valence-corrected chi connectivity index (χ4v) is 1.40. The van der Waals surface area contributed by atoms with Crippen LogP contribution in [0.15, 0.2) is 24.3 Å². The molecule has 1 atom stereocenters. The zero-order valence-electron chi connectivity index (χ0n) is 10.2. The molecule has 2 N–H and O–H groups in total. The van der Waals surface area contributed by atoms with Crippen LogP contribution in [0.3, 0.4) is 0 Å². The van der Waals surface area contributed by atoms with E-state index in [2.05, 4.69) is 0 Å². The second-order valence-electron chi connectivity index (χ2n) is 3.93. The van der Waals surface area contributed by atoms with Gasteiger partial charge in [0.25, 0.3) is 0 Å². The first-order chi connectivity index (χ1) is 8.22. The lowest BCUT2D eigenvalue weighted by molar-refractivity contribution is 0.0672. The maximum atomic E-state index is 5.78. The fraction of sp³-hybridized carbons (Fsp3) is 0.538. The summed E-state index contributed by atoms with van der Waals surface area (Å²) >= 11 is 5.78. The van der Waals surface area contributed by atoms with Crippen molar-refractivity contribution in [1.82, 2.24) is 0 Å². The number of hydrogen-bond acceptors (Lipinski definition) is 3. The van der Waals surface area contributed by atoms with Gasteiger partial charge in [0, 0.05) is 18.2 Å². The number of rotatable bonds is 8. The number of halogens is 1. The van der Waals surface area contributed by atoms with E-state index in [1.54, 1.807) is 0 Å². The third kappa shape index (κ3) is 6.51. The first-order valence-corrected chi connectivity index (χ1v) is 6.30. The van der Waals surface area contributed by atoms with Crippen LogP contribution in [0.2, 0.25) is 5.02 Å². The van der Waals surface area contributed by atoms with Gasteiger partial charge in [0.1, 0.15) is 5.75 Å². The molecular formula is C13H20ClNO2. The molecule has 0 aromatic heterocycles. The van der Waals surface area contributed by atoms with Gasteiger partial charge >= 0.3 is 0 Å². The van der Waals surface area contributed by atoms with Crippen molar-refractivity contribution >= 4 is 11.6 Å². The van der Waals surface area contributed by atoms with Crippen LogP contribution in [0.1, 0.15) is 19.8 Å². The lowest BCUT2D eigenvalue weighted by atomic mass is 10.3. The summed E-state index contributed by atoms with van der Waals surface area (Å²) < 4.78 is 11.0. The van der Waals surface area contributed by atoms with Gasteiger partial charge in [-0.05, 0) is 44.0 Å². The molecule has 1 unspecified atom stereocenters. The van der Waals surface area contributed by atoms with Crippen LogP contribution < -0.4 is 10.5 Å². The maximum Gasteiger partial charge on any atom is 0.119 e. The van der Waals surface area contributed by atoms with Gasteiger partial charge in [0.05, 0.1) is 12.7 Å². The third-order valence-corrected chi connectivity index (χ3v) is 2.61. The Labute approximate surface area is 108 Å². The first kappa shape index (κ1) is 14.3. The van der Waals surface area contributed by atoms with Gasteiger partial charge in [-0.15, -0.1) is 0 Å². The Bertz CT molecular complexity index is 303. The molecule has 0 aliphatic rings. The zero-order valence-corrected chi connectivity index (χ0v) is 11.0. The van der Waals surface area contributed by atoms with Crippen LogP contribution >= 0.6 is 11.6 Å². The lowest BCUT2D eigenvalue weighted by Crippen LogP contribution is -2.20. The quantitative estimate of drug-likeness (QED) is 0.729. The van der Waals surface area contributed by atoms with Gasteiger partial charge < -0.3 is 15.2 Å². The molecule has 1 aromatic rings. The average molecular weight is 258 g/mol. The highest BCUT2D eigenvalue weighted by Gasteiger charge is 1.98. The molecule has 17 heavy (non-hydrogen) atoms. The monoisotopic (exact) mass is 257 g/mol. The van der Waals surface area contributed by atoms with E-state index in [-0.39, 0.29) is 6.10 Å². The summed E-state index contributed by atoms with van der Waals surface area (Å²) in [5.41, 5.74) is 5.44. The van der Waals surface area contributed by atoms with E-state index in [4.69, 9.17) is 26.8 Å². The Morgan fingerprint density at radius 2 is 1.82 bits per heavy atom. The molecule has 0 saturated carbocycles. The van der Waals surface area contributed by atoms with Gasteiger partial charge in [-0.3, -0.25) is 0 Å². The standard InChI is InChI=1S/C13H20ClNO2/c1-11(10-15)16-8-2-3-9-17-13-6-4-12(14)5-7-13/h4-7,11H,2-3,8-10,15H2,1H3. The number of benzene rings is 1. The highest BCUT2D eigenvalue weighted by atomic mass is 35.5. The van der Waals surface area contributed by atoms with Crippen molar-refractivity contribution in [2.75, 3.05) is 19.8 Å². The van der Waals surface area contributed by atoms with E-state index in [0.29, 0.717) is 13.2 Å². The van der Waals surface area contributed by atoms with Crippen molar-refractivity contribution < 1.29 is 9.47 Å². The van der Waals surface area contributed by atoms with E-state index in [1.807, 2.05) is 31.2 Å². The van der Waals surface area contributed by atoms with Crippen molar-refractivity contribution in [3.05, 3.63) is 29.3 Å². The van der Waals surface area contributed by atoms with E-state index in [0.717, 1.165) is 30.2 Å². The van der Waals surface area contributed by atoms with Crippen LogP contribution in [0, 0.1) is 0 Å². The first-order valence-electron chi connectivity index (χ1n) is 5.92. The van der Waals surface area contributed by atoms with Crippen LogP contribution in [0.5, 0.6) is 5.75 Å². The van der Waals surface area contributed by atoms with Crippen LogP contribution in [-0.2, 0) is 4.74 Å². The van der Waals surface area contributed by atoms with Gasteiger partial charge in [-0.25, -0.2) is 0 Å². The van der Waals surface area contributed by atoms with Crippen molar-refractivity contribution in [2.45, 2.75) is 25.9 Å². The smallest absolute Gasteiger partial charge is 0.119 e. The molecule has 0 fully saturated rings. The second-order valence-corrected chi connectivity index (χ2v) is 4.36. The molecular weight excluding hydrogens is 238 g/mol. The second kappa shape index (κ2) is 8.34. The molecule has 0 spiro atoms. The predicted octanol–water partition coefficient (Wildman–Crippen LogP) is 2.86. The minimum atomic E-state index is 0.146. The molecule has 1 aromatic carbocycles. The van der Waals surface area contributed by atoms with E-state index < -0.39 is 0 Å². The van der Waals surface area contributed by atoms with Gasteiger partial charge in [0.15, 0.2) is 0 Å². The Morgan fingerprint density at radius 1 is 1.18 bits per heavy atom. The molecule has 0 bridgehead atoms. The molecule has 4 heteroatoms. The number of hydrogen-bond donors (Lipinski definition) is 1. The molecule has 0 aliphatic carbocycles. The lowest BCUT2D eigenvalue weighted by Gasteiger charge is -2.10. The van der Waals surface area contributed by atoms with Gasteiger partial charge in [0.2, 0.25) is 0 Å². The summed E-state index contributed by atoms with van der Waals surface area (Å²) in [4.78, 5) is 0. The Kier molecular flexibility index (Phi) is 7.01. The number of nitrogens with two attached hydrogens (primary N) is 1. The molecule has 0 radical (unpaired) electrons. The largest absolute Gasteiger partial charge is 0.494 e.